The molecular weight excluding hydrogens is 1700 g/mol. The first-order valence-electron chi connectivity index (χ1n) is 47.8. The van der Waals surface area contributed by atoms with E-state index in [1.807, 2.05) is 79.4 Å². The molecule has 672 valence electrons. The predicted molar refractivity (Wildman–Crippen MR) is 584 cm³/mol. The summed E-state index contributed by atoms with van der Waals surface area (Å²) in [5.74, 6) is 0. The van der Waals surface area contributed by atoms with E-state index in [0.29, 0.717) is 0 Å². The van der Waals surface area contributed by atoms with Crippen LogP contribution < -0.4 is 14.7 Å². The number of benzene rings is 9. The van der Waals surface area contributed by atoms with Crippen molar-refractivity contribution in [2.24, 2.45) is 0 Å². The number of para-hydroxylation sites is 3. The molecule has 10 heteroatoms. The number of hydrogen-bond donors (Lipinski definition) is 0. The van der Waals surface area contributed by atoms with E-state index in [-0.39, 0.29) is 0 Å². The minimum absolute atomic E-state index is 1.15. The molecule has 9 aromatic carbocycles. The third-order valence-corrected chi connectivity index (χ3v) is 31.4. The van der Waals surface area contributed by atoms with E-state index in [4.69, 9.17) is 0 Å². The molecule has 0 atom stereocenters. The highest BCUT2D eigenvalue weighted by molar-refractivity contribution is 7.26. The van der Waals surface area contributed by atoms with Gasteiger partial charge in [-0.3, -0.25) is 0 Å². The standard InChI is InChI=1S/C30H25NS.2C23H27NS.C19H22S3.C17H22S.C7H16/c1-22-8-11-24(12-9-22)25-13-17-28(18-14-25)31(27-6-4-3-5-7-27)29-19-15-26(16-20-29)30-21-10-23(2)32-30;2*1-3-4-5-9-12-22-17-18-23(25-22)19-13-15-21(16-14-19)24(2)20-10-7-6-8-11-20;1-3-4-5-6-7-15-9-11-17(21-15)19-13-12-18(22-19)16-10-8-14(2)20-16;1-3-4-5-6-7-16-12-13-17(18-16)15-10-8-14(2)9-11-15;1-3-5-7-6-4-2/h3-21H,1-2H3;2*6-8,10-11,13-18H,3-5,9,12H2,1-2H3;8-13H,3-7H2,1-2H3;8-13H,3-7H2,1-2H3;3-7H2,1-2H3. The van der Waals surface area contributed by atoms with Gasteiger partial charge in [-0.15, -0.1) is 79.4 Å². The van der Waals surface area contributed by atoms with Gasteiger partial charge in [0, 0.05) is 122 Å². The summed E-state index contributed by atoms with van der Waals surface area (Å²) in [5, 5.41) is 0. The SMILES string of the molecule is CCCCCCC.CCCCCCc1ccc(-c2ccc(-c3ccc(C)s3)s2)s1.CCCCCCc1ccc(-c2ccc(C)cc2)s1.CCCCCCc1ccc(-c2ccc(N(C)c3ccccc3)cc2)s1.CCCCCCc1ccc(-c2ccc(N(C)c3ccccc3)cc2)s1.Cc1ccc(-c2ccc(N(c3ccccc3)c3ccc(-c4ccc(C)s4)cc3)cc2)cc1. The largest absolute Gasteiger partial charge is 0.345 e. The lowest BCUT2D eigenvalue weighted by molar-refractivity contribution is 0.656. The second-order valence-electron chi connectivity index (χ2n) is 33.7. The first-order valence-corrected chi connectivity index (χ1v) is 53.5. The first-order chi connectivity index (χ1) is 63.2. The Morgan fingerprint density at radius 1 is 0.178 bits per heavy atom. The van der Waals surface area contributed by atoms with Gasteiger partial charge in [0.05, 0.1) is 0 Å². The Kier molecular flexibility index (Phi) is 42.9. The molecule has 0 unspecified atom stereocenters. The maximum atomic E-state index is 2.32. The van der Waals surface area contributed by atoms with Gasteiger partial charge in [0.1, 0.15) is 0 Å². The molecule has 0 saturated heterocycles. The van der Waals surface area contributed by atoms with E-state index in [1.54, 1.807) is 0 Å². The molecule has 16 rings (SSSR count). The van der Waals surface area contributed by atoms with Crippen LogP contribution in [0.5, 0.6) is 0 Å². The summed E-state index contributed by atoms with van der Waals surface area (Å²) >= 11 is 13.4. The molecule has 0 saturated carbocycles. The molecule has 16 aromatic rings. The number of unbranched alkanes of at least 4 members (excludes halogenated alkanes) is 16. The maximum absolute atomic E-state index is 2.32. The van der Waals surface area contributed by atoms with Crippen molar-refractivity contribution in [3.63, 3.8) is 0 Å². The second kappa shape index (κ2) is 55.5. The Balaban J connectivity index is 0.000000155. The van der Waals surface area contributed by atoms with Crippen molar-refractivity contribution in [1.82, 2.24) is 0 Å². The fraction of sp³-hybridized carbons (Fsp3) is 0.311. The molecule has 129 heavy (non-hydrogen) atoms. The lowest BCUT2D eigenvalue weighted by Gasteiger charge is -2.26. The van der Waals surface area contributed by atoms with Crippen molar-refractivity contribution in [1.29, 1.82) is 0 Å². The number of hydrogen-bond acceptors (Lipinski definition) is 10. The van der Waals surface area contributed by atoms with Crippen LogP contribution in [0.15, 0.2) is 322 Å². The molecular formula is C119H139N3S7. The second-order valence-corrected chi connectivity index (χ2v) is 42.1. The Morgan fingerprint density at radius 3 is 0.713 bits per heavy atom. The van der Waals surface area contributed by atoms with Gasteiger partial charge in [-0.25, -0.2) is 0 Å². The molecule has 0 bridgehead atoms. The van der Waals surface area contributed by atoms with Crippen molar-refractivity contribution in [3.05, 3.63) is 362 Å². The highest BCUT2D eigenvalue weighted by Crippen LogP contribution is 2.43. The topological polar surface area (TPSA) is 9.72 Å². The molecule has 0 amide bonds. The number of anilines is 7. The summed E-state index contributed by atoms with van der Waals surface area (Å²) < 4.78 is 0. The highest BCUT2D eigenvalue weighted by Gasteiger charge is 2.17. The summed E-state index contributed by atoms with van der Waals surface area (Å²) in [4.78, 5) is 26.6. The van der Waals surface area contributed by atoms with Gasteiger partial charge in [0.15, 0.2) is 0 Å². The summed E-state index contributed by atoms with van der Waals surface area (Å²) in [6, 6.07) is 116. The smallest absolute Gasteiger partial charge is 0.0462 e. The van der Waals surface area contributed by atoms with Crippen LogP contribution in [0, 0.1) is 27.7 Å². The molecule has 3 nitrogen and oxygen atoms in total. The van der Waals surface area contributed by atoms with Crippen molar-refractivity contribution in [2.45, 2.75) is 230 Å². The van der Waals surface area contributed by atoms with Crippen LogP contribution in [0.2, 0.25) is 0 Å². The van der Waals surface area contributed by atoms with Crippen molar-refractivity contribution in [3.8, 4) is 72.4 Å². The Hall–Kier alpha value is -9.72. The monoisotopic (exact) mass is 1830 g/mol. The highest BCUT2D eigenvalue weighted by atomic mass is 32.1. The maximum Gasteiger partial charge on any atom is 0.0462 e. The molecule has 0 aliphatic rings. The zero-order valence-corrected chi connectivity index (χ0v) is 84.7. The van der Waals surface area contributed by atoms with Crippen LogP contribution >= 0.6 is 79.4 Å². The lowest BCUT2D eigenvalue weighted by atomic mass is 10.0. The summed E-state index contributed by atoms with van der Waals surface area (Å²) in [5.41, 5.74) is 18.6. The van der Waals surface area contributed by atoms with Gasteiger partial charge < -0.3 is 14.7 Å². The van der Waals surface area contributed by atoms with E-state index in [1.165, 1.54) is 296 Å². The van der Waals surface area contributed by atoms with Crippen molar-refractivity contribution < 1.29 is 0 Å². The first kappa shape index (κ1) is 99.8. The predicted octanol–water partition coefficient (Wildman–Crippen LogP) is 40.2. The fourth-order valence-electron chi connectivity index (χ4n) is 15.4. The third kappa shape index (κ3) is 32.7. The van der Waals surface area contributed by atoms with E-state index < -0.39 is 0 Å². The number of nitrogens with zero attached hydrogens (tertiary/aromatic N) is 3. The molecule has 0 spiro atoms. The van der Waals surface area contributed by atoms with E-state index in [9.17, 15) is 0 Å². The lowest BCUT2D eigenvalue weighted by Crippen LogP contribution is -2.09. The number of aryl methyl sites for hydroxylation is 8. The molecule has 0 N–H and O–H groups in total. The van der Waals surface area contributed by atoms with Gasteiger partial charge in [-0.05, 0) is 282 Å². The number of thiophene rings is 7. The van der Waals surface area contributed by atoms with E-state index in [0.717, 1.165) is 17.1 Å². The van der Waals surface area contributed by atoms with Crippen LogP contribution in [0.1, 0.15) is 217 Å². The quantitative estimate of drug-likeness (QED) is 0.0357. The molecule has 7 heterocycles. The normalized spacial score (nSPS) is 10.8. The van der Waals surface area contributed by atoms with Gasteiger partial charge in [-0.1, -0.05) is 313 Å². The number of rotatable bonds is 38. The van der Waals surface area contributed by atoms with Crippen molar-refractivity contribution >= 4 is 119 Å². The van der Waals surface area contributed by atoms with E-state index in [2.05, 4.69) is 420 Å². The summed E-state index contributed by atoms with van der Waals surface area (Å²) in [6.07, 6.45) is 33.4. The molecule has 0 aliphatic carbocycles. The van der Waals surface area contributed by atoms with E-state index >= 15 is 0 Å². The van der Waals surface area contributed by atoms with Gasteiger partial charge in [0.2, 0.25) is 0 Å². The van der Waals surface area contributed by atoms with Gasteiger partial charge in [-0.2, -0.15) is 0 Å². The average molecular weight is 1840 g/mol. The van der Waals surface area contributed by atoms with Crippen molar-refractivity contribution in [2.75, 3.05) is 28.8 Å². The molecule has 0 fully saturated rings. The zero-order chi connectivity index (χ0) is 90.6. The average Bonchev–Trinajstić information content (AvgIpc) is 1.52. The zero-order valence-electron chi connectivity index (χ0n) is 79.0. The van der Waals surface area contributed by atoms with Crippen LogP contribution in [0.4, 0.5) is 39.8 Å². The fourth-order valence-corrected chi connectivity index (χ4v) is 22.5. The third-order valence-electron chi connectivity index (χ3n) is 23.2. The molecule has 7 aromatic heterocycles. The molecule has 0 aliphatic heterocycles. The minimum atomic E-state index is 1.15. The van der Waals surface area contributed by atoms with Gasteiger partial charge >= 0.3 is 0 Å². The Morgan fingerprint density at radius 2 is 0.395 bits per heavy atom. The summed E-state index contributed by atoms with van der Waals surface area (Å²) in [7, 11) is 4.23. The summed E-state index contributed by atoms with van der Waals surface area (Å²) in [6.45, 7) is 22.1. The Bertz CT molecular complexity index is 5540. The van der Waals surface area contributed by atoms with Crippen LogP contribution in [-0.4, -0.2) is 14.1 Å². The van der Waals surface area contributed by atoms with Crippen LogP contribution in [0.3, 0.4) is 0 Å². The van der Waals surface area contributed by atoms with Crippen LogP contribution in [0.25, 0.3) is 72.4 Å². The Labute approximate surface area is 805 Å². The minimum Gasteiger partial charge on any atom is -0.345 e. The van der Waals surface area contributed by atoms with Crippen LogP contribution in [-0.2, 0) is 25.7 Å². The van der Waals surface area contributed by atoms with Gasteiger partial charge in [0.25, 0.3) is 0 Å². The molecule has 0 radical (unpaired) electrons.